The molecule has 2 aliphatic heterocycles. The van der Waals surface area contributed by atoms with Gasteiger partial charge in [-0.15, -0.1) is 0 Å². The van der Waals surface area contributed by atoms with Crippen LogP contribution in [0.1, 0.15) is 264 Å². The molecule has 0 aromatic carbocycles. The van der Waals surface area contributed by atoms with Gasteiger partial charge >= 0.3 is 0 Å². The molecule has 2 aliphatic rings. The number of nitrogens with one attached hydrogen (secondary N) is 1. The third-order valence-corrected chi connectivity index (χ3v) is 16.5. The normalized spacial score (nSPS) is 23.9. The number of hydrogen-bond acceptors (Lipinski definition) is 13. The Bertz CT molecular complexity index is 1830. The van der Waals surface area contributed by atoms with Gasteiger partial charge in [0.2, 0.25) is 5.91 Å². The number of rotatable bonds is 56. The average molecular weight is 1230 g/mol. The van der Waals surface area contributed by atoms with Crippen LogP contribution < -0.4 is 5.32 Å². The predicted octanol–water partition coefficient (Wildman–Crippen LogP) is 14.2. The molecular formula is C73H127NO13. The lowest BCUT2D eigenvalue weighted by atomic mass is 9.97. The van der Waals surface area contributed by atoms with Crippen molar-refractivity contribution in [2.45, 2.75) is 338 Å². The lowest BCUT2D eigenvalue weighted by Crippen LogP contribution is -2.65. The maximum absolute atomic E-state index is 13.3. The van der Waals surface area contributed by atoms with Crippen molar-refractivity contribution in [1.82, 2.24) is 5.32 Å². The number of aliphatic hydroxyl groups excluding tert-OH is 8. The van der Waals surface area contributed by atoms with Crippen LogP contribution >= 0.6 is 0 Å². The first kappa shape index (κ1) is 80.0. The molecule has 0 aromatic rings. The van der Waals surface area contributed by atoms with E-state index >= 15 is 0 Å². The van der Waals surface area contributed by atoms with Gasteiger partial charge in [-0.3, -0.25) is 4.79 Å². The van der Waals surface area contributed by atoms with Gasteiger partial charge in [0, 0.05) is 6.42 Å². The molecule has 12 atom stereocenters. The fourth-order valence-corrected chi connectivity index (χ4v) is 10.9. The van der Waals surface area contributed by atoms with E-state index in [0.717, 1.165) is 83.5 Å². The molecule has 14 heteroatoms. The second-order valence-corrected chi connectivity index (χ2v) is 24.3. The SMILES string of the molecule is CC/C=C\C/C=C\C/C=C\C/C=C\C/C=C\CCCCCCCCCCCC(=O)NC(COC1OC(CO)C(OC2OC(CO)C(O)C(O)C2O)C(O)C1O)C(O)/C=C/CC/C=C/CC/C=C/CCCCCCCCCCCCCCCCCCCC. The molecule has 0 saturated carbocycles. The number of aliphatic hydroxyl groups is 8. The van der Waals surface area contributed by atoms with Crippen LogP contribution in [-0.4, -0.2) is 140 Å². The summed E-state index contributed by atoms with van der Waals surface area (Å²) in [5.41, 5.74) is 0. The molecule has 2 rings (SSSR count). The highest BCUT2D eigenvalue weighted by atomic mass is 16.7. The first-order valence-electron chi connectivity index (χ1n) is 35.0. The molecule has 2 fully saturated rings. The lowest BCUT2D eigenvalue weighted by molar-refractivity contribution is -0.359. The first-order chi connectivity index (χ1) is 42.6. The van der Waals surface area contributed by atoms with Crippen molar-refractivity contribution in [3.63, 3.8) is 0 Å². The summed E-state index contributed by atoms with van der Waals surface area (Å²) in [5, 5.41) is 87.4. The summed E-state index contributed by atoms with van der Waals surface area (Å²) in [6.07, 6.45) is 63.2. The highest BCUT2D eigenvalue weighted by molar-refractivity contribution is 5.76. The highest BCUT2D eigenvalue weighted by Crippen LogP contribution is 2.30. The summed E-state index contributed by atoms with van der Waals surface area (Å²) in [7, 11) is 0. The van der Waals surface area contributed by atoms with Gasteiger partial charge in [-0.05, 0) is 89.9 Å². The minimum atomic E-state index is -1.80. The number of carbonyl (C=O) groups excluding carboxylic acids is 1. The second kappa shape index (κ2) is 56.9. The van der Waals surface area contributed by atoms with E-state index in [0.29, 0.717) is 12.8 Å². The molecule has 0 radical (unpaired) electrons. The lowest BCUT2D eigenvalue weighted by Gasteiger charge is -2.46. The average Bonchev–Trinajstić information content (AvgIpc) is 2.50. The van der Waals surface area contributed by atoms with Gasteiger partial charge in [-0.25, -0.2) is 0 Å². The van der Waals surface area contributed by atoms with Crippen LogP contribution in [0.4, 0.5) is 0 Å². The Kier molecular flexibility index (Phi) is 52.3. The molecule has 0 aromatic heterocycles. The van der Waals surface area contributed by atoms with E-state index in [1.807, 2.05) is 6.08 Å². The summed E-state index contributed by atoms with van der Waals surface area (Å²) in [6, 6.07) is -0.949. The topological polar surface area (TPSA) is 228 Å². The molecular weight excluding hydrogens is 1100 g/mol. The summed E-state index contributed by atoms with van der Waals surface area (Å²) >= 11 is 0. The van der Waals surface area contributed by atoms with Crippen LogP contribution in [0.25, 0.3) is 0 Å². The van der Waals surface area contributed by atoms with Crippen LogP contribution in [0.2, 0.25) is 0 Å². The fourth-order valence-electron chi connectivity index (χ4n) is 10.9. The molecule has 0 aliphatic carbocycles. The molecule has 0 bridgehead atoms. The molecule has 9 N–H and O–H groups in total. The van der Waals surface area contributed by atoms with Gasteiger partial charge < -0.3 is 65.1 Å². The minimum Gasteiger partial charge on any atom is -0.394 e. The smallest absolute Gasteiger partial charge is 0.220 e. The highest BCUT2D eigenvalue weighted by Gasteiger charge is 2.51. The van der Waals surface area contributed by atoms with Crippen molar-refractivity contribution in [2.24, 2.45) is 0 Å². The van der Waals surface area contributed by atoms with E-state index in [-0.39, 0.29) is 18.9 Å². The Labute approximate surface area is 528 Å². The molecule has 12 unspecified atom stereocenters. The van der Waals surface area contributed by atoms with Gasteiger partial charge in [0.05, 0.1) is 32.0 Å². The molecule has 2 saturated heterocycles. The Morgan fingerprint density at radius 2 is 0.805 bits per heavy atom. The molecule has 502 valence electrons. The maximum atomic E-state index is 13.3. The zero-order valence-corrected chi connectivity index (χ0v) is 54.5. The zero-order valence-electron chi connectivity index (χ0n) is 54.5. The third kappa shape index (κ3) is 41.1. The monoisotopic (exact) mass is 1230 g/mol. The summed E-state index contributed by atoms with van der Waals surface area (Å²) in [6.45, 7) is 2.67. The Balaban J connectivity index is 1.72. The molecule has 87 heavy (non-hydrogen) atoms. The third-order valence-electron chi connectivity index (χ3n) is 16.5. The van der Waals surface area contributed by atoms with Gasteiger partial charge in [0.25, 0.3) is 0 Å². The van der Waals surface area contributed by atoms with Gasteiger partial charge in [-0.1, -0.05) is 265 Å². The number of allylic oxidation sites excluding steroid dienone is 15. The number of unbranched alkanes of at least 4 members (excludes halogenated alkanes) is 29. The summed E-state index contributed by atoms with van der Waals surface area (Å²) in [4.78, 5) is 13.3. The van der Waals surface area contributed by atoms with Crippen molar-refractivity contribution in [3.8, 4) is 0 Å². The van der Waals surface area contributed by atoms with E-state index < -0.39 is 86.8 Å². The van der Waals surface area contributed by atoms with Crippen molar-refractivity contribution >= 4 is 5.91 Å². The molecule has 14 nitrogen and oxygen atoms in total. The molecule has 0 spiro atoms. The molecule has 1 amide bonds. The van der Waals surface area contributed by atoms with Gasteiger partial charge in [0.1, 0.15) is 48.8 Å². The van der Waals surface area contributed by atoms with E-state index in [9.17, 15) is 45.6 Å². The second-order valence-electron chi connectivity index (χ2n) is 24.3. The quantitative estimate of drug-likeness (QED) is 0.0204. The Hall–Kier alpha value is -3.09. The van der Waals surface area contributed by atoms with Crippen LogP contribution in [0.5, 0.6) is 0 Å². The maximum Gasteiger partial charge on any atom is 0.220 e. The van der Waals surface area contributed by atoms with Gasteiger partial charge in [0.15, 0.2) is 12.6 Å². The summed E-state index contributed by atoms with van der Waals surface area (Å²) in [5.74, 6) is -0.262. The Morgan fingerprint density at radius 3 is 1.26 bits per heavy atom. The van der Waals surface area contributed by atoms with E-state index in [1.54, 1.807) is 6.08 Å². The molecule has 2 heterocycles. The van der Waals surface area contributed by atoms with Crippen LogP contribution in [0.15, 0.2) is 97.2 Å². The number of carbonyl (C=O) groups is 1. The van der Waals surface area contributed by atoms with E-state index in [1.165, 1.54) is 148 Å². The van der Waals surface area contributed by atoms with Crippen molar-refractivity contribution in [3.05, 3.63) is 97.2 Å². The first-order valence-corrected chi connectivity index (χ1v) is 35.0. The minimum absolute atomic E-state index is 0.257. The number of ether oxygens (including phenoxy) is 4. The van der Waals surface area contributed by atoms with Crippen LogP contribution in [0.3, 0.4) is 0 Å². The van der Waals surface area contributed by atoms with Crippen molar-refractivity contribution in [2.75, 3.05) is 19.8 Å². The summed E-state index contributed by atoms with van der Waals surface area (Å²) < 4.78 is 22.8. The van der Waals surface area contributed by atoms with Crippen molar-refractivity contribution < 1.29 is 64.6 Å². The van der Waals surface area contributed by atoms with Crippen LogP contribution in [-0.2, 0) is 23.7 Å². The largest absolute Gasteiger partial charge is 0.394 e. The number of hydrogen-bond donors (Lipinski definition) is 9. The zero-order chi connectivity index (χ0) is 63.1. The predicted molar refractivity (Wildman–Crippen MR) is 355 cm³/mol. The van der Waals surface area contributed by atoms with Gasteiger partial charge in [-0.2, -0.15) is 0 Å². The standard InChI is InChI=1S/C73H127NO13/c1-3-5-7-9-11-13-15-17-19-21-23-25-27-29-30-31-33-34-36-38-40-42-44-46-48-50-52-54-56-62(77)61(60-84-72-70(83)68(81)71(64(59-76)86-72)87-73-69(82)67(80)66(79)63(58-75)85-73)74-65(78)57-55-53-51-49-47-45-43-41-39-37-35-32-28-26-24-22-20-18-16-14-12-10-8-6-4-2/h6,8,12,14,18,20,24,26,32,35,38,40,46,48,54,56,61-64,66-73,75-77,79-83H,3-5,7,9-11,13,15-17,19,21-23,25,27-31,33-34,36-37,39,41-45,47,49-53,55,57-60H2,1-2H3,(H,74,78)/b8-6-,14-12-,20-18-,26-24-,35-32-,40-38+,48-46+,56-54+. The van der Waals surface area contributed by atoms with Crippen molar-refractivity contribution in [1.29, 1.82) is 0 Å². The Morgan fingerprint density at radius 1 is 0.425 bits per heavy atom. The van der Waals surface area contributed by atoms with E-state index in [4.69, 9.17) is 18.9 Å². The van der Waals surface area contributed by atoms with E-state index in [2.05, 4.69) is 104 Å². The fraction of sp³-hybridized carbons (Fsp3) is 0.767. The van der Waals surface area contributed by atoms with Crippen LogP contribution in [0, 0.1) is 0 Å². The number of amides is 1.